The Kier molecular flexibility index (Phi) is 6.58. The smallest absolute Gasteiger partial charge is 0.311 e. The highest BCUT2D eigenvalue weighted by molar-refractivity contribution is 8.02. The van der Waals surface area contributed by atoms with Gasteiger partial charge in [-0.15, -0.1) is 11.8 Å². The number of aliphatic hydroxyl groups excluding tert-OH is 1. The summed E-state index contributed by atoms with van der Waals surface area (Å²) in [6.07, 6.45) is 6.83. The molecule has 4 fully saturated rings. The van der Waals surface area contributed by atoms with Gasteiger partial charge < -0.3 is 20.1 Å². The van der Waals surface area contributed by atoms with Crippen LogP contribution < -0.4 is 5.32 Å². The van der Waals surface area contributed by atoms with Gasteiger partial charge in [-0.05, 0) is 45.4 Å². The molecule has 7 nitrogen and oxygen atoms in total. The Morgan fingerprint density at radius 2 is 1.94 bits per heavy atom. The average Bonchev–Trinajstić information content (AvgIpc) is 3.31. The molecule has 0 aromatic carbocycles. The number of likely N-dealkylation sites (tertiary alicyclic amines) is 1. The number of thioether (sulfide) groups is 1. The lowest BCUT2D eigenvalue weighted by Crippen LogP contribution is -2.59. The zero-order valence-corrected chi connectivity index (χ0v) is 20.6. The van der Waals surface area contributed by atoms with Gasteiger partial charge in [-0.1, -0.05) is 33.1 Å². The molecule has 1 aliphatic carbocycles. The van der Waals surface area contributed by atoms with Crippen LogP contribution >= 0.6 is 11.8 Å². The number of esters is 1. The maximum absolute atomic E-state index is 14.0. The number of rotatable bonds is 7. The summed E-state index contributed by atoms with van der Waals surface area (Å²) >= 11 is 1.65. The van der Waals surface area contributed by atoms with E-state index in [9.17, 15) is 19.5 Å². The van der Waals surface area contributed by atoms with Crippen molar-refractivity contribution in [2.24, 2.45) is 17.8 Å². The van der Waals surface area contributed by atoms with Crippen LogP contribution in [0.15, 0.2) is 0 Å². The molecule has 32 heavy (non-hydrogen) atoms. The molecule has 2 N–H and O–H groups in total. The van der Waals surface area contributed by atoms with E-state index in [0.29, 0.717) is 0 Å². The SMILES string of the molecule is CCOC(=O)[C@@H]1[C@H]2C(=O)N([C@@H](CO)C(C)C)C(C(=O)NC3CCCCC3)C23CC[C@@]1(C)S3. The molecule has 1 spiro atoms. The van der Waals surface area contributed by atoms with Gasteiger partial charge >= 0.3 is 5.97 Å². The number of nitrogens with zero attached hydrogens (tertiary/aromatic N) is 1. The molecule has 3 saturated heterocycles. The van der Waals surface area contributed by atoms with E-state index in [2.05, 4.69) is 5.32 Å². The number of ether oxygens (including phenoxy) is 1. The highest BCUT2D eigenvalue weighted by Gasteiger charge is 2.78. The zero-order chi connectivity index (χ0) is 23.3. The van der Waals surface area contributed by atoms with Gasteiger partial charge in [0.15, 0.2) is 0 Å². The third kappa shape index (κ3) is 3.56. The van der Waals surface area contributed by atoms with Crippen molar-refractivity contribution in [2.75, 3.05) is 13.2 Å². The molecule has 3 heterocycles. The van der Waals surface area contributed by atoms with Crippen molar-refractivity contribution in [1.29, 1.82) is 0 Å². The van der Waals surface area contributed by atoms with Crippen LogP contribution in [0, 0.1) is 17.8 Å². The molecular formula is C24H38N2O5S. The van der Waals surface area contributed by atoms with E-state index in [1.165, 1.54) is 6.42 Å². The number of aliphatic hydroxyl groups is 1. The Morgan fingerprint density at radius 3 is 2.53 bits per heavy atom. The summed E-state index contributed by atoms with van der Waals surface area (Å²) < 4.78 is 4.35. The molecule has 4 rings (SSSR count). The molecule has 0 radical (unpaired) electrons. The van der Waals surface area contributed by atoms with Gasteiger partial charge in [0.25, 0.3) is 0 Å². The molecule has 2 amide bonds. The molecule has 1 saturated carbocycles. The molecule has 0 aromatic rings. The van der Waals surface area contributed by atoms with Crippen molar-refractivity contribution < 1.29 is 24.2 Å². The summed E-state index contributed by atoms with van der Waals surface area (Å²) in [4.78, 5) is 42.5. The Bertz CT molecular complexity index is 769. The Balaban J connectivity index is 1.74. The van der Waals surface area contributed by atoms with E-state index >= 15 is 0 Å². The minimum Gasteiger partial charge on any atom is -0.466 e. The molecular weight excluding hydrogens is 428 g/mol. The van der Waals surface area contributed by atoms with Crippen LogP contribution in [-0.4, -0.2) is 68.6 Å². The maximum atomic E-state index is 14.0. The molecule has 180 valence electrons. The van der Waals surface area contributed by atoms with Crippen LogP contribution in [0.1, 0.15) is 72.6 Å². The lowest BCUT2D eigenvalue weighted by atomic mass is 9.66. The van der Waals surface area contributed by atoms with Crippen molar-refractivity contribution >= 4 is 29.5 Å². The van der Waals surface area contributed by atoms with Crippen LogP contribution in [0.4, 0.5) is 0 Å². The molecule has 4 aliphatic rings. The van der Waals surface area contributed by atoms with E-state index in [-0.39, 0.29) is 43.0 Å². The van der Waals surface area contributed by atoms with Gasteiger partial charge in [-0.25, -0.2) is 0 Å². The second kappa shape index (κ2) is 8.82. The van der Waals surface area contributed by atoms with Crippen LogP contribution in [0.3, 0.4) is 0 Å². The summed E-state index contributed by atoms with van der Waals surface area (Å²) in [5.74, 6) is -1.78. The van der Waals surface area contributed by atoms with E-state index in [4.69, 9.17) is 4.74 Å². The van der Waals surface area contributed by atoms with Crippen molar-refractivity contribution in [3.05, 3.63) is 0 Å². The van der Waals surface area contributed by atoms with Crippen molar-refractivity contribution in [3.8, 4) is 0 Å². The predicted molar refractivity (Wildman–Crippen MR) is 123 cm³/mol. The van der Waals surface area contributed by atoms with E-state index in [0.717, 1.165) is 38.5 Å². The third-order valence-corrected chi connectivity index (χ3v) is 10.3. The van der Waals surface area contributed by atoms with Crippen molar-refractivity contribution in [1.82, 2.24) is 10.2 Å². The molecule has 2 unspecified atom stereocenters. The minimum atomic E-state index is -0.673. The summed E-state index contributed by atoms with van der Waals surface area (Å²) in [6, 6.07) is -0.997. The number of carbonyl (C=O) groups excluding carboxylic acids is 3. The molecule has 3 aliphatic heterocycles. The van der Waals surface area contributed by atoms with Crippen LogP contribution in [0.25, 0.3) is 0 Å². The number of hydrogen-bond donors (Lipinski definition) is 2. The summed E-state index contributed by atoms with van der Waals surface area (Å²) in [5.41, 5.74) is 0. The molecule has 2 bridgehead atoms. The largest absolute Gasteiger partial charge is 0.466 e. The fourth-order valence-corrected chi connectivity index (χ4v) is 9.09. The predicted octanol–water partition coefficient (Wildman–Crippen LogP) is 2.50. The number of carbonyl (C=O) groups is 3. The van der Waals surface area contributed by atoms with E-state index in [1.807, 2.05) is 20.8 Å². The Hall–Kier alpha value is -1.28. The molecule has 0 aromatic heterocycles. The Morgan fingerprint density at radius 1 is 1.25 bits per heavy atom. The van der Waals surface area contributed by atoms with Gasteiger partial charge in [0, 0.05) is 10.8 Å². The minimum absolute atomic E-state index is 0.0111. The molecule has 8 heteroatoms. The van der Waals surface area contributed by atoms with Crippen LogP contribution in [0.5, 0.6) is 0 Å². The second-order valence-corrected chi connectivity index (χ2v) is 12.5. The fourth-order valence-electron chi connectivity index (χ4n) is 6.76. The van der Waals surface area contributed by atoms with Gasteiger partial charge in [-0.3, -0.25) is 14.4 Å². The second-order valence-electron chi connectivity index (χ2n) is 10.6. The lowest BCUT2D eigenvalue weighted by molar-refractivity contribution is -0.155. The normalized spacial score (nSPS) is 37.6. The van der Waals surface area contributed by atoms with Gasteiger partial charge in [0.1, 0.15) is 6.04 Å². The number of amides is 2. The topological polar surface area (TPSA) is 95.9 Å². The molecule has 6 atom stereocenters. The highest BCUT2D eigenvalue weighted by atomic mass is 32.2. The summed E-state index contributed by atoms with van der Waals surface area (Å²) in [7, 11) is 0. The first-order valence-electron chi connectivity index (χ1n) is 12.3. The van der Waals surface area contributed by atoms with E-state index < -0.39 is 33.4 Å². The van der Waals surface area contributed by atoms with E-state index in [1.54, 1.807) is 23.6 Å². The third-order valence-electron chi connectivity index (χ3n) is 8.27. The summed E-state index contributed by atoms with van der Waals surface area (Å²) in [5, 5.41) is 13.5. The first-order valence-corrected chi connectivity index (χ1v) is 13.1. The zero-order valence-electron chi connectivity index (χ0n) is 19.8. The standard InChI is InChI=1S/C24H38N2O5S/c1-5-31-22(30)18-17-21(29)26(16(13-27)14(2)3)19(24(17)12-11-23(18,4)32-24)20(28)25-15-9-7-6-8-10-15/h14-19,27H,5-13H2,1-4H3,(H,25,28)/t16-,17-,18-,19?,23+,24?/m0/s1. The van der Waals surface area contributed by atoms with Crippen LogP contribution in [-0.2, 0) is 19.1 Å². The Labute approximate surface area is 195 Å². The summed E-state index contributed by atoms with van der Waals surface area (Å²) in [6.45, 7) is 7.82. The average molecular weight is 467 g/mol. The first-order chi connectivity index (χ1) is 15.2. The highest BCUT2D eigenvalue weighted by Crippen LogP contribution is 2.71. The number of nitrogens with one attached hydrogen (secondary N) is 1. The van der Waals surface area contributed by atoms with Gasteiger partial charge in [-0.2, -0.15) is 0 Å². The van der Waals surface area contributed by atoms with Crippen LogP contribution in [0.2, 0.25) is 0 Å². The monoisotopic (exact) mass is 466 g/mol. The van der Waals surface area contributed by atoms with Crippen molar-refractivity contribution in [2.45, 2.75) is 100 Å². The maximum Gasteiger partial charge on any atom is 0.311 e. The van der Waals surface area contributed by atoms with Gasteiger partial charge in [0.2, 0.25) is 11.8 Å². The van der Waals surface area contributed by atoms with Crippen molar-refractivity contribution in [3.63, 3.8) is 0 Å². The first kappa shape index (κ1) is 23.9. The fraction of sp³-hybridized carbons (Fsp3) is 0.875. The lowest BCUT2D eigenvalue weighted by Gasteiger charge is -2.39. The van der Waals surface area contributed by atoms with Gasteiger partial charge in [0.05, 0.1) is 35.8 Å². The quantitative estimate of drug-likeness (QED) is 0.560. The number of fused-ring (bicyclic) bond motifs is 1. The number of hydrogen-bond acceptors (Lipinski definition) is 6.